The molecule has 0 radical (unpaired) electrons. The van der Waals surface area contributed by atoms with Gasteiger partial charge in [0.1, 0.15) is 17.2 Å². The van der Waals surface area contributed by atoms with Crippen LogP contribution < -0.4 is 5.73 Å². The summed E-state index contributed by atoms with van der Waals surface area (Å²) in [5.41, 5.74) is 5.76. The molecule has 3 N–H and O–H groups in total. The Balaban J connectivity index is 0.00000121. The predicted octanol–water partition coefficient (Wildman–Crippen LogP) is 0.600. The van der Waals surface area contributed by atoms with E-state index in [0.29, 0.717) is 12.0 Å². The molecule has 0 spiro atoms. The molecular weight excluding hydrogens is 178 g/mol. The molecule has 0 unspecified atom stereocenters. The highest BCUT2D eigenvalue weighted by Crippen LogP contribution is 1.95. The fraction of sp³-hybridized carbons (Fsp3) is 0. The van der Waals surface area contributed by atoms with Gasteiger partial charge in [-0.2, -0.15) is 0 Å². The SMILES string of the molecule is Cl.N=C(N)c1cccc(C=O)n1. The zero-order valence-electron chi connectivity index (χ0n) is 6.15. The van der Waals surface area contributed by atoms with Crippen LogP contribution in [0.25, 0.3) is 0 Å². The van der Waals surface area contributed by atoms with Crippen molar-refractivity contribution in [1.29, 1.82) is 5.41 Å². The van der Waals surface area contributed by atoms with Crippen LogP contribution in [0.1, 0.15) is 16.2 Å². The van der Waals surface area contributed by atoms with Gasteiger partial charge in [-0.25, -0.2) is 4.98 Å². The van der Waals surface area contributed by atoms with Crippen LogP contribution in [-0.4, -0.2) is 17.1 Å². The minimum Gasteiger partial charge on any atom is -0.382 e. The van der Waals surface area contributed by atoms with E-state index in [1.165, 1.54) is 0 Å². The molecule has 1 rings (SSSR count). The molecule has 1 aromatic rings. The number of nitrogen functional groups attached to an aromatic ring is 1. The molecule has 0 bridgehead atoms. The Hall–Kier alpha value is -1.42. The summed E-state index contributed by atoms with van der Waals surface area (Å²) < 4.78 is 0. The summed E-state index contributed by atoms with van der Waals surface area (Å²) in [4.78, 5) is 14.0. The standard InChI is InChI=1S/C7H7N3O.ClH/c8-7(9)6-3-1-2-5(4-11)10-6;/h1-4H,(H3,8,9);1H. The third-order valence-electron chi connectivity index (χ3n) is 1.17. The highest BCUT2D eigenvalue weighted by molar-refractivity contribution is 5.93. The van der Waals surface area contributed by atoms with Crippen molar-refractivity contribution >= 4 is 24.5 Å². The van der Waals surface area contributed by atoms with E-state index in [9.17, 15) is 4.79 Å². The van der Waals surface area contributed by atoms with E-state index in [4.69, 9.17) is 11.1 Å². The smallest absolute Gasteiger partial charge is 0.168 e. The Morgan fingerprint density at radius 2 is 2.25 bits per heavy atom. The van der Waals surface area contributed by atoms with Crippen molar-refractivity contribution in [3.8, 4) is 0 Å². The average molecular weight is 186 g/mol. The quantitative estimate of drug-likeness (QED) is 0.402. The number of hydrogen-bond donors (Lipinski definition) is 2. The molecule has 0 aliphatic carbocycles. The maximum atomic E-state index is 10.2. The molecule has 1 aromatic heterocycles. The zero-order chi connectivity index (χ0) is 8.27. The first kappa shape index (κ1) is 10.6. The fourth-order valence-corrected chi connectivity index (χ4v) is 0.667. The van der Waals surface area contributed by atoms with Gasteiger partial charge in [0.2, 0.25) is 0 Å². The largest absolute Gasteiger partial charge is 0.382 e. The van der Waals surface area contributed by atoms with Crippen molar-refractivity contribution in [2.45, 2.75) is 0 Å². The summed E-state index contributed by atoms with van der Waals surface area (Å²) >= 11 is 0. The van der Waals surface area contributed by atoms with Crippen LogP contribution in [0.5, 0.6) is 0 Å². The van der Waals surface area contributed by atoms with Gasteiger partial charge in [0.15, 0.2) is 6.29 Å². The number of pyridine rings is 1. The van der Waals surface area contributed by atoms with E-state index >= 15 is 0 Å². The monoisotopic (exact) mass is 185 g/mol. The summed E-state index contributed by atoms with van der Waals surface area (Å²) in [6.07, 6.45) is 0.617. The molecular formula is C7H8ClN3O. The number of nitrogens with two attached hydrogens (primary N) is 1. The second-order valence-electron chi connectivity index (χ2n) is 1.98. The third-order valence-corrected chi connectivity index (χ3v) is 1.17. The van der Waals surface area contributed by atoms with Gasteiger partial charge in [0, 0.05) is 0 Å². The lowest BCUT2D eigenvalue weighted by atomic mass is 10.3. The first-order chi connectivity index (χ1) is 5.24. The van der Waals surface area contributed by atoms with E-state index in [1.807, 2.05) is 0 Å². The van der Waals surface area contributed by atoms with Gasteiger partial charge in [-0.1, -0.05) is 6.07 Å². The number of aldehydes is 1. The first-order valence-corrected chi connectivity index (χ1v) is 3.00. The van der Waals surface area contributed by atoms with Gasteiger partial charge in [-0.3, -0.25) is 10.2 Å². The number of amidine groups is 1. The number of halogens is 1. The molecule has 0 saturated carbocycles. The van der Waals surface area contributed by atoms with Crippen molar-refractivity contribution in [2.75, 3.05) is 0 Å². The summed E-state index contributed by atoms with van der Waals surface area (Å²) in [5.74, 6) is -0.131. The highest BCUT2D eigenvalue weighted by Gasteiger charge is 1.97. The number of hydrogen-bond acceptors (Lipinski definition) is 3. The number of nitrogens with zero attached hydrogens (tertiary/aromatic N) is 1. The van der Waals surface area contributed by atoms with Gasteiger partial charge < -0.3 is 5.73 Å². The van der Waals surface area contributed by atoms with E-state index in [-0.39, 0.29) is 23.9 Å². The average Bonchev–Trinajstić information content (AvgIpc) is 2.05. The fourth-order valence-electron chi connectivity index (χ4n) is 0.667. The number of rotatable bonds is 2. The Bertz CT molecular complexity index is 300. The maximum Gasteiger partial charge on any atom is 0.168 e. The lowest BCUT2D eigenvalue weighted by Gasteiger charge is -1.95. The number of carbonyl (C=O) groups is 1. The summed E-state index contributed by atoms with van der Waals surface area (Å²) in [6, 6.07) is 4.77. The Morgan fingerprint density at radius 1 is 1.58 bits per heavy atom. The van der Waals surface area contributed by atoms with E-state index in [1.54, 1.807) is 18.2 Å². The second kappa shape index (κ2) is 4.46. The molecule has 0 fully saturated rings. The zero-order valence-corrected chi connectivity index (χ0v) is 6.97. The molecule has 1 heterocycles. The second-order valence-corrected chi connectivity index (χ2v) is 1.98. The van der Waals surface area contributed by atoms with Gasteiger partial charge >= 0.3 is 0 Å². The van der Waals surface area contributed by atoms with Crippen LogP contribution in [0.2, 0.25) is 0 Å². The molecule has 0 aromatic carbocycles. The normalized spacial score (nSPS) is 8.33. The molecule has 0 aliphatic heterocycles. The Morgan fingerprint density at radius 3 is 2.75 bits per heavy atom. The van der Waals surface area contributed by atoms with Crippen molar-refractivity contribution in [3.05, 3.63) is 29.6 Å². The van der Waals surface area contributed by atoms with Crippen LogP contribution in [0.3, 0.4) is 0 Å². The van der Waals surface area contributed by atoms with Crippen LogP contribution in [0.4, 0.5) is 0 Å². The topological polar surface area (TPSA) is 79.8 Å². The van der Waals surface area contributed by atoms with Gasteiger partial charge in [-0.15, -0.1) is 12.4 Å². The molecule has 12 heavy (non-hydrogen) atoms. The minimum absolute atomic E-state index is 0. The molecule has 0 aliphatic rings. The molecule has 64 valence electrons. The van der Waals surface area contributed by atoms with Gasteiger partial charge in [-0.05, 0) is 12.1 Å². The Kier molecular flexibility index (Phi) is 3.93. The molecule has 0 amide bonds. The van der Waals surface area contributed by atoms with Crippen LogP contribution in [0.15, 0.2) is 18.2 Å². The molecule has 0 saturated heterocycles. The first-order valence-electron chi connectivity index (χ1n) is 3.00. The number of aromatic nitrogens is 1. The molecule has 5 heteroatoms. The van der Waals surface area contributed by atoms with Gasteiger partial charge in [0.05, 0.1) is 0 Å². The summed E-state index contributed by atoms with van der Waals surface area (Å²) in [6.45, 7) is 0. The van der Waals surface area contributed by atoms with Crippen LogP contribution in [0, 0.1) is 5.41 Å². The molecule has 0 atom stereocenters. The highest BCUT2D eigenvalue weighted by atomic mass is 35.5. The van der Waals surface area contributed by atoms with Crippen molar-refractivity contribution in [2.24, 2.45) is 5.73 Å². The number of carbonyl (C=O) groups excluding carboxylic acids is 1. The number of nitrogens with one attached hydrogen (secondary N) is 1. The van der Waals surface area contributed by atoms with E-state index < -0.39 is 0 Å². The summed E-state index contributed by atoms with van der Waals surface area (Å²) in [7, 11) is 0. The van der Waals surface area contributed by atoms with Crippen LogP contribution >= 0.6 is 12.4 Å². The summed E-state index contributed by atoms with van der Waals surface area (Å²) in [5, 5.41) is 7.01. The Labute approximate surface area is 75.7 Å². The lowest BCUT2D eigenvalue weighted by molar-refractivity contribution is 0.111. The lowest BCUT2D eigenvalue weighted by Crippen LogP contribution is -2.13. The van der Waals surface area contributed by atoms with Crippen LogP contribution in [-0.2, 0) is 0 Å². The maximum absolute atomic E-state index is 10.2. The van der Waals surface area contributed by atoms with Crippen molar-refractivity contribution in [3.63, 3.8) is 0 Å². The predicted molar refractivity (Wildman–Crippen MR) is 47.9 cm³/mol. The minimum atomic E-state index is -0.131. The van der Waals surface area contributed by atoms with E-state index in [2.05, 4.69) is 4.98 Å². The van der Waals surface area contributed by atoms with Gasteiger partial charge in [0.25, 0.3) is 0 Å². The molecule has 4 nitrogen and oxygen atoms in total. The van der Waals surface area contributed by atoms with Crippen molar-refractivity contribution < 1.29 is 4.79 Å². The van der Waals surface area contributed by atoms with Crippen molar-refractivity contribution in [1.82, 2.24) is 4.98 Å². The third kappa shape index (κ3) is 2.32. The van der Waals surface area contributed by atoms with E-state index in [0.717, 1.165) is 0 Å².